The molecular formula is C13H19ClN2O2. The summed E-state index contributed by atoms with van der Waals surface area (Å²) in [6, 6.07) is 5.02. The van der Waals surface area contributed by atoms with Crippen LogP contribution in [0.1, 0.15) is 32.3 Å². The second-order valence-electron chi connectivity index (χ2n) is 4.27. The van der Waals surface area contributed by atoms with Crippen LogP contribution in [0.25, 0.3) is 0 Å². The Bertz CT molecular complexity index is 410. The first-order valence-electron chi connectivity index (χ1n) is 6.23. The molecule has 18 heavy (non-hydrogen) atoms. The van der Waals surface area contributed by atoms with E-state index in [0.29, 0.717) is 0 Å². The lowest BCUT2D eigenvalue weighted by atomic mass is 10.2. The fourth-order valence-corrected chi connectivity index (χ4v) is 1.97. The van der Waals surface area contributed by atoms with Gasteiger partial charge in [-0.3, -0.25) is 15.0 Å². The summed E-state index contributed by atoms with van der Waals surface area (Å²) in [7, 11) is 0. The predicted molar refractivity (Wildman–Crippen MR) is 74.0 cm³/mol. The van der Waals surface area contributed by atoms with Crippen LogP contribution in [-0.4, -0.2) is 22.9 Å². The van der Waals surface area contributed by atoms with E-state index < -0.39 is 4.92 Å². The van der Waals surface area contributed by atoms with E-state index in [2.05, 4.69) is 18.7 Å². The van der Waals surface area contributed by atoms with Crippen LogP contribution in [0.15, 0.2) is 18.2 Å². The molecule has 0 saturated heterocycles. The SMILES string of the molecule is CCCCN(CC)Cc1ccc(Cl)c([N+](=O)[O-])c1. The van der Waals surface area contributed by atoms with Gasteiger partial charge >= 0.3 is 0 Å². The van der Waals surface area contributed by atoms with Gasteiger partial charge in [-0.05, 0) is 31.1 Å². The molecule has 0 bridgehead atoms. The third-order valence-corrected chi connectivity index (χ3v) is 3.21. The Labute approximate surface area is 113 Å². The van der Waals surface area contributed by atoms with Crippen molar-refractivity contribution in [2.45, 2.75) is 33.2 Å². The average molecular weight is 271 g/mol. The van der Waals surface area contributed by atoms with Crippen molar-refractivity contribution in [1.29, 1.82) is 0 Å². The van der Waals surface area contributed by atoms with Gasteiger partial charge in [-0.1, -0.05) is 37.9 Å². The summed E-state index contributed by atoms with van der Waals surface area (Å²) in [4.78, 5) is 12.6. The normalized spacial score (nSPS) is 10.9. The third kappa shape index (κ3) is 4.27. The predicted octanol–water partition coefficient (Wildman–Crippen LogP) is 3.87. The number of unbranched alkanes of at least 4 members (excludes halogenated alkanes) is 1. The molecule has 0 fully saturated rings. The molecular weight excluding hydrogens is 252 g/mol. The quantitative estimate of drug-likeness (QED) is 0.558. The van der Waals surface area contributed by atoms with E-state index in [9.17, 15) is 10.1 Å². The van der Waals surface area contributed by atoms with Gasteiger partial charge in [-0.15, -0.1) is 0 Å². The minimum atomic E-state index is -0.436. The van der Waals surface area contributed by atoms with Gasteiger partial charge in [0.25, 0.3) is 5.69 Å². The Morgan fingerprint density at radius 1 is 1.39 bits per heavy atom. The Morgan fingerprint density at radius 2 is 2.11 bits per heavy atom. The minimum Gasteiger partial charge on any atom is -0.299 e. The maximum absolute atomic E-state index is 10.8. The van der Waals surface area contributed by atoms with E-state index >= 15 is 0 Å². The number of rotatable bonds is 7. The van der Waals surface area contributed by atoms with Crippen LogP contribution in [-0.2, 0) is 6.54 Å². The standard InChI is InChI=1S/C13H19ClN2O2/c1-3-5-8-15(4-2)10-11-6-7-12(14)13(9-11)16(17)18/h6-7,9H,3-5,8,10H2,1-2H3. The van der Waals surface area contributed by atoms with Crippen LogP contribution in [0.5, 0.6) is 0 Å². The molecule has 0 aromatic heterocycles. The highest BCUT2D eigenvalue weighted by atomic mass is 35.5. The number of hydrogen-bond acceptors (Lipinski definition) is 3. The molecule has 1 aromatic carbocycles. The van der Waals surface area contributed by atoms with Crippen LogP contribution < -0.4 is 0 Å². The van der Waals surface area contributed by atoms with Crippen LogP contribution in [0.4, 0.5) is 5.69 Å². The second kappa shape index (κ2) is 7.34. The van der Waals surface area contributed by atoms with Crippen molar-refractivity contribution >= 4 is 17.3 Å². The number of benzene rings is 1. The van der Waals surface area contributed by atoms with Crippen molar-refractivity contribution in [3.05, 3.63) is 38.9 Å². The van der Waals surface area contributed by atoms with Gasteiger partial charge < -0.3 is 0 Å². The monoisotopic (exact) mass is 270 g/mol. The first-order valence-corrected chi connectivity index (χ1v) is 6.61. The summed E-state index contributed by atoms with van der Waals surface area (Å²) in [5.41, 5.74) is 0.921. The zero-order valence-corrected chi connectivity index (χ0v) is 11.6. The zero-order valence-electron chi connectivity index (χ0n) is 10.9. The molecule has 0 N–H and O–H groups in total. The van der Waals surface area contributed by atoms with Crippen LogP contribution in [0.3, 0.4) is 0 Å². The molecule has 1 rings (SSSR count). The smallest absolute Gasteiger partial charge is 0.288 e. The van der Waals surface area contributed by atoms with Crippen molar-refractivity contribution in [2.24, 2.45) is 0 Å². The van der Waals surface area contributed by atoms with Crippen LogP contribution in [0, 0.1) is 10.1 Å². The maximum Gasteiger partial charge on any atom is 0.288 e. The van der Waals surface area contributed by atoms with Gasteiger partial charge in [0.1, 0.15) is 5.02 Å². The molecule has 0 atom stereocenters. The van der Waals surface area contributed by atoms with Crippen LogP contribution in [0.2, 0.25) is 5.02 Å². The van der Waals surface area contributed by atoms with E-state index in [1.807, 2.05) is 6.07 Å². The summed E-state index contributed by atoms with van der Waals surface area (Å²) in [6.45, 7) is 6.94. The fraction of sp³-hybridized carbons (Fsp3) is 0.538. The third-order valence-electron chi connectivity index (χ3n) is 2.89. The number of nitro groups is 1. The van der Waals surface area contributed by atoms with E-state index in [0.717, 1.165) is 38.0 Å². The molecule has 4 nitrogen and oxygen atoms in total. The molecule has 5 heteroatoms. The zero-order chi connectivity index (χ0) is 13.5. The van der Waals surface area contributed by atoms with E-state index in [1.54, 1.807) is 12.1 Å². The van der Waals surface area contributed by atoms with Crippen molar-refractivity contribution in [3.8, 4) is 0 Å². The molecule has 0 amide bonds. The van der Waals surface area contributed by atoms with Gasteiger partial charge in [0.15, 0.2) is 0 Å². The summed E-state index contributed by atoms with van der Waals surface area (Å²) in [5, 5.41) is 11.0. The molecule has 0 spiro atoms. The lowest BCUT2D eigenvalue weighted by molar-refractivity contribution is -0.384. The van der Waals surface area contributed by atoms with Crippen LogP contribution >= 0.6 is 11.6 Å². The molecule has 1 aromatic rings. The van der Waals surface area contributed by atoms with Crippen molar-refractivity contribution in [3.63, 3.8) is 0 Å². The van der Waals surface area contributed by atoms with E-state index in [4.69, 9.17) is 11.6 Å². The average Bonchev–Trinajstić information content (AvgIpc) is 2.36. The number of hydrogen-bond donors (Lipinski definition) is 0. The Balaban J connectivity index is 2.77. The highest BCUT2D eigenvalue weighted by Gasteiger charge is 2.13. The first kappa shape index (κ1) is 14.9. The highest BCUT2D eigenvalue weighted by molar-refractivity contribution is 6.32. The van der Waals surface area contributed by atoms with Gasteiger partial charge in [0.05, 0.1) is 4.92 Å². The topological polar surface area (TPSA) is 46.4 Å². The fourth-order valence-electron chi connectivity index (χ4n) is 1.79. The van der Waals surface area contributed by atoms with Gasteiger partial charge in [-0.2, -0.15) is 0 Å². The second-order valence-corrected chi connectivity index (χ2v) is 4.67. The maximum atomic E-state index is 10.8. The number of nitrogens with zero attached hydrogens (tertiary/aromatic N) is 2. The largest absolute Gasteiger partial charge is 0.299 e. The molecule has 0 unspecified atom stereocenters. The Kier molecular flexibility index (Phi) is 6.09. The highest BCUT2D eigenvalue weighted by Crippen LogP contribution is 2.25. The summed E-state index contributed by atoms with van der Waals surface area (Å²) >= 11 is 5.79. The minimum absolute atomic E-state index is 0.0132. The van der Waals surface area contributed by atoms with Gasteiger partial charge in [0.2, 0.25) is 0 Å². The molecule has 100 valence electrons. The molecule has 0 heterocycles. The lowest BCUT2D eigenvalue weighted by Crippen LogP contribution is -2.23. The van der Waals surface area contributed by atoms with Crippen molar-refractivity contribution < 1.29 is 4.92 Å². The molecule has 0 aliphatic heterocycles. The van der Waals surface area contributed by atoms with E-state index in [1.165, 1.54) is 0 Å². The van der Waals surface area contributed by atoms with Crippen molar-refractivity contribution in [1.82, 2.24) is 4.90 Å². The van der Waals surface area contributed by atoms with Crippen molar-refractivity contribution in [2.75, 3.05) is 13.1 Å². The molecule has 0 aliphatic carbocycles. The molecule has 0 aliphatic rings. The first-order chi connectivity index (χ1) is 8.58. The lowest BCUT2D eigenvalue weighted by Gasteiger charge is -2.20. The number of halogens is 1. The summed E-state index contributed by atoms with van der Waals surface area (Å²) < 4.78 is 0. The Morgan fingerprint density at radius 3 is 2.67 bits per heavy atom. The molecule has 0 radical (unpaired) electrons. The molecule has 0 saturated carbocycles. The number of nitro benzene ring substituents is 1. The van der Waals surface area contributed by atoms with Gasteiger partial charge in [-0.25, -0.2) is 0 Å². The van der Waals surface area contributed by atoms with E-state index in [-0.39, 0.29) is 10.7 Å². The Hall–Kier alpha value is -1.13. The summed E-state index contributed by atoms with van der Waals surface area (Å²) in [5.74, 6) is 0. The van der Waals surface area contributed by atoms with Gasteiger partial charge in [0, 0.05) is 12.6 Å². The summed E-state index contributed by atoms with van der Waals surface area (Å²) in [6.07, 6.45) is 2.29.